The predicted octanol–water partition coefficient (Wildman–Crippen LogP) is 4.63. The third-order valence-electron chi connectivity index (χ3n) is 4.94. The van der Waals surface area contributed by atoms with E-state index in [0.717, 1.165) is 35.5 Å². The monoisotopic (exact) mass is 412 g/mol. The standard InChI is InChI=1S/C22H24N2O2S2/c1-3-20(25)24(17-11-7-12-18(15-17)27-2)21(19-13-8-14-28-19)22(26)23-16-9-5-4-6-10-16/h1,7-8,11-16,21H,4-6,9-10H2,2H3,(H,23,26). The Bertz CT molecular complexity index is 852. The molecule has 1 saturated carbocycles. The normalized spacial score (nSPS) is 15.4. The molecule has 6 heteroatoms. The van der Waals surface area contributed by atoms with Gasteiger partial charge in [0, 0.05) is 21.5 Å². The lowest BCUT2D eigenvalue weighted by molar-refractivity contribution is -0.125. The number of hydrogen-bond donors (Lipinski definition) is 1. The predicted molar refractivity (Wildman–Crippen MR) is 117 cm³/mol. The van der Waals surface area contributed by atoms with Gasteiger partial charge >= 0.3 is 5.91 Å². The van der Waals surface area contributed by atoms with Gasteiger partial charge in [-0.05, 0) is 54.7 Å². The van der Waals surface area contributed by atoms with Gasteiger partial charge in [0.25, 0.3) is 0 Å². The van der Waals surface area contributed by atoms with Crippen molar-refractivity contribution in [1.82, 2.24) is 5.32 Å². The van der Waals surface area contributed by atoms with E-state index in [2.05, 4.69) is 11.2 Å². The number of hydrogen-bond acceptors (Lipinski definition) is 4. The molecule has 28 heavy (non-hydrogen) atoms. The number of terminal acetylenes is 1. The highest BCUT2D eigenvalue weighted by atomic mass is 32.2. The fourth-order valence-electron chi connectivity index (χ4n) is 3.56. The molecule has 1 aromatic carbocycles. The van der Waals surface area contributed by atoms with Crippen molar-refractivity contribution >= 4 is 40.6 Å². The van der Waals surface area contributed by atoms with Gasteiger partial charge in [0.15, 0.2) is 6.04 Å². The molecule has 2 aromatic rings. The minimum atomic E-state index is -0.775. The molecule has 4 nitrogen and oxygen atoms in total. The fourth-order valence-corrected chi connectivity index (χ4v) is 4.83. The minimum Gasteiger partial charge on any atom is -0.351 e. The zero-order chi connectivity index (χ0) is 19.9. The lowest BCUT2D eigenvalue weighted by Gasteiger charge is -2.31. The van der Waals surface area contributed by atoms with E-state index in [1.165, 1.54) is 22.7 Å². The van der Waals surface area contributed by atoms with Crippen LogP contribution in [-0.2, 0) is 9.59 Å². The molecule has 1 aromatic heterocycles. The Hall–Kier alpha value is -2.23. The van der Waals surface area contributed by atoms with Crippen molar-refractivity contribution < 1.29 is 9.59 Å². The van der Waals surface area contributed by atoms with E-state index < -0.39 is 11.9 Å². The molecular formula is C22H24N2O2S2. The summed E-state index contributed by atoms with van der Waals surface area (Å²) in [6.07, 6.45) is 12.9. The topological polar surface area (TPSA) is 49.4 Å². The molecule has 3 rings (SSSR count). The largest absolute Gasteiger partial charge is 0.351 e. The number of amides is 2. The van der Waals surface area contributed by atoms with Crippen LogP contribution in [0.3, 0.4) is 0 Å². The zero-order valence-electron chi connectivity index (χ0n) is 15.9. The highest BCUT2D eigenvalue weighted by Gasteiger charge is 2.34. The first-order chi connectivity index (χ1) is 13.6. The molecule has 1 N–H and O–H groups in total. The molecule has 0 saturated heterocycles. The van der Waals surface area contributed by atoms with E-state index in [1.54, 1.807) is 11.8 Å². The molecule has 1 fully saturated rings. The number of benzene rings is 1. The molecule has 0 radical (unpaired) electrons. The van der Waals surface area contributed by atoms with Crippen molar-refractivity contribution in [2.45, 2.75) is 49.1 Å². The Morgan fingerprint density at radius 2 is 2.04 bits per heavy atom. The van der Waals surface area contributed by atoms with Crippen molar-refractivity contribution in [3.63, 3.8) is 0 Å². The Kier molecular flexibility index (Phi) is 7.18. The first kappa shape index (κ1) is 20.5. The van der Waals surface area contributed by atoms with E-state index in [0.29, 0.717) is 5.69 Å². The van der Waals surface area contributed by atoms with Crippen LogP contribution in [-0.4, -0.2) is 24.1 Å². The number of rotatable bonds is 6. The van der Waals surface area contributed by atoms with Crippen LogP contribution >= 0.6 is 23.1 Å². The van der Waals surface area contributed by atoms with Crippen molar-refractivity contribution in [2.24, 2.45) is 0 Å². The second-order valence-corrected chi connectivity index (χ2v) is 8.64. The van der Waals surface area contributed by atoms with E-state index in [4.69, 9.17) is 6.42 Å². The minimum absolute atomic E-state index is 0.157. The number of thiophene rings is 1. The van der Waals surface area contributed by atoms with Gasteiger partial charge in [-0.25, -0.2) is 0 Å². The number of nitrogens with one attached hydrogen (secondary N) is 1. The fraction of sp³-hybridized carbons (Fsp3) is 0.364. The summed E-state index contributed by atoms with van der Waals surface area (Å²) in [6.45, 7) is 0. The smallest absolute Gasteiger partial charge is 0.303 e. The van der Waals surface area contributed by atoms with Crippen LogP contribution in [0.2, 0.25) is 0 Å². The van der Waals surface area contributed by atoms with E-state index in [-0.39, 0.29) is 11.9 Å². The molecule has 0 spiro atoms. The summed E-state index contributed by atoms with van der Waals surface area (Å²) in [7, 11) is 0. The van der Waals surface area contributed by atoms with Crippen LogP contribution in [0.1, 0.15) is 43.0 Å². The van der Waals surface area contributed by atoms with E-state index in [9.17, 15) is 9.59 Å². The second kappa shape index (κ2) is 9.81. The Morgan fingerprint density at radius 3 is 2.68 bits per heavy atom. The highest BCUT2D eigenvalue weighted by molar-refractivity contribution is 7.98. The van der Waals surface area contributed by atoms with Gasteiger partial charge in [0.1, 0.15) is 0 Å². The number of anilines is 1. The molecule has 0 bridgehead atoms. The molecular weight excluding hydrogens is 388 g/mol. The van der Waals surface area contributed by atoms with Gasteiger partial charge < -0.3 is 5.32 Å². The van der Waals surface area contributed by atoms with Crippen molar-refractivity contribution in [1.29, 1.82) is 0 Å². The lowest BCUT2D eigenvalue weighted by atomic mass is 9.95. The van der Waals surface area contributed by atoms with Crippen LogP contribution < -0.4 is 10.2 Å². The first-order valence-electron chi connectivity index (χ1n) is 9.41. The third kappa shape index (κ3) is 4.78. The highest BCUT2D eigenvalue weighted by Crippen LogP contribution is 2.33. The van der Waals surface area contributed by atoms with Crippen LogP contribution in [0.25, 0.3) is 0 Å². The Labute approximate surface area is 174 Å². The van der Waals surface area contributed by atoms with Crippen LogP contribution in [0, 0.1) is 12.3 Å². The molecule has 2 amide bonds. The molecule has 1 aliphatic carbocycles. The van der Waals surface area contributed by atoms with Crippen molar-refractivity contribution in [3.05, 3.63) is 46.7 Å². The van der Waals surface area contributed by atoms with Gasteiger partial charge in [0.05, 0.1) is 0 Å². The summed E-state index contributed by atoms with van der Waals surface area (Å²) in [5, 5.41) is 5.07. The average Bonchev–Trinajstić information content (AvgIpc) is 3.26. The average molecular weight is 413 g/mol. The summed E-state index contributed by atoms with van der Waals surface area (Å²) in [6, 6.07) is 10.7. The second-order valence-electron chi connectivity index (χ2n) is 6.78. The Morgan fingerprint density at radius 1 is 1.25 bits per heavy atom. The zero-order valence-corrected chi connectivity index (χ0v) is 17.5. The summed E-state index contributed by atoms with van der Waals surface area (Å²) >= 11 is 3.03. The Balaban J connectivity index is 1.98. The molecule has 1 heterocycles. The molecule has 1 aliphatic rings. The maximum absolute atomic E-state index is 13.3. The maximum atomic E-state index is 13.3. The van der Waals surface area contributed by atoms with E-state index >= 15 is 0 Å². The van der Waals surface area contributed by atoms with Gasteiger partial charge in [-0.1, -0.05) is 31.4 Å². The van der Waals surface area contributed by atoms with Crippen molar-refractivity contribution in [3.8, 4) is 12.3 Å². The SMILES string of the molecule is C#CC(=O)N(c1cccc(SC)c1)C(C(=O)NC1CCCCC1)c1cccs1. The van der Waals surface area contributed by atoms with E-state index in [1.807, 2.05) is 48.0 Å². The molecule has 146 valence electrons. The number of thioether (sulfide) groups is 1. The first-order valence-corrected chi connectivity index (χ1v) is 11.5. The summed E-state index contributed by atoms with van der Waals surface area (Å²) in [4.78, 5) is 29.3. The van der Waals surface area contributed by atoms with Gasteiger partial charge in [-0.3, -0.25) is 14.5 Å². The molecule has 1 atom stereocenters. The van der Waals surface area contributed by atoms with Crippen LogP contribution in [0.5, 0.6) is 0 Å². The number of nitrogens with zero attached hydrogens (tertiary/aromatic N) is 1. The van der Waals surface area contributed by atoms with Gasteiger partial charge in [0.2, 0.25) is 5.91 Å². The van der Waals surface area contributed by atoms with Gasteiger partial charge in [-0.2, -0.15) is 0 Å². The quantitative estimate of drug-likeness (QED) is 0.556. The number of carbonyl (C=O) groups is 2. The van der Waals surface area contributed by atoms with Crippen LogP contribution in [0.4, 0.5) is 5.69 Å². The maximum Gasteiger partial charge on any atom is 0.303 e. The third-order valence-corrected chi connectivity index (χ3v) is 6.59. The molecule has 0 aliphatic heterocycles. The summed E-state index contributed by atoms with van der Waals surface area (Å²) < 4.78 is 0. The lowest BCUT2D eigenvalue weighted by Crippen LogP contribution is -2.46. The van der Waals surface area contributed by atoms with Gasteiger partial charge in [-0.15, -0.1) is 29.5 Å². The summed E-state index contributed by atoms with van der Waals surface area (Å²) in [5.74, 6) is 1.52. The number of carbonyl (C=O) groups excluding carboxylic acids is 2. The summed E-state index contributed by atoms with van der Waals surface area (Å²) in [5.41, 5.74) is 0.631. The van der Waals surface area contributed by atoms with Crippen molar-refractivity contribution in [2.75, 3.05) is 11.2 Å². The molecule has 1 unspecified atom stereocenters. The van der Waals surface area contributed by atoms with Crippen LogP contribution in [0.15, 0.2) is 46.7 Å².